The Kier molecular flexibility index (Phi) is 5.26. The number of H-pyrrole nitrogens is 1. The van der Waals surface area contributed by atoms with Crippen LogP contribution in [0.2, 0.25) is 0 Å². The van der Waals surface area contributed by atoms with E-state index in [1.54, 1.807) is 0 Å². The van der Waals surface area contributed by atoms with E-state index >= 15 is 0 Å². The average Bonchev–Trinajstić information content (AvgIpc) is 3.04. The largest absolute Gasteiger partial charge is 0.493 e. The van der Waals surface area contributed by atoms with E-state index in [0.717, 1.165) is 30.0 Å². The summed E-state index contributed by atoms with van der Waals surface area (Å²) in [7, 11) is 0. The van der Waals surface area contributed by atoms with Gasteiger partial charge in [-0.15, -0.1) is 0 Å². The highest BCUT2D eigenvalue weighted by Gasteiger charge is 2.12. The van der Waals surface area contributed by atoms with Gasteiger partial charge < -0.3 is 4.74 Å². The molecule has 0 amide bonds. The maximum Gasteiger partial charge on any atom is 0.184 e. The van der Waals surface area contributed by atoms with Crippen LogP contribution in [0.3, 0.4) is 0 Å². The summed E-state index contributed by atoms with van der Waals surface area (Å²) in [4.78, 5) is 4.63. The highest BCUT2D eigenvalue weighted by molar-refractivity contribution is 5.63. The van der Waals surface area contributed by atoms with Crippen LogP contribution in [0.4, 0.5) is 0 Å². The fourth-order valence-electron chi connectivity index (χ4n) is 2.47. The van der Waals surface area contributed by atoms with Gasteiger partial charge in [-0.2, -0.15) is 5.10 Å². The standard InChI is InChI=1S/C20H23N3O/c1-15(2)12-13-24-18-11-7-6-10-17(18)20-21-19(22-23-20)14-16-8-4-3-5-9-16/h3-11,15H,12-14H2,1-2H3,(H,21,22,23). The fraction of sp³-hybridized carbons (Fsp3) is 0.300. The van der Waals surface area contributed by atoms with Crippen LogP contribution in [-0.2, 0) is 6.42 Å². The van der Waals surface area contributed by atoms with Gasteiger partial charge in [0.25, 0.3) is 0 Å². The van der Waals surface area contributed by atoms with E-state index in [9.17, 15) is 0 Å². The second kappa shape index (κ2) is 7.77. The molecule has 2 aromatic carbocycles. The molecule has 0 atom stereocenters. The molecular weight excluding hydrogens is 298 g/mol. The second-order valence-corrected chi connectivity index (χ2v) is 6.30. The molecule has 0 unspecified atom stereocenters. The summed E-state index contributed by atoms with van der Waals surface area (Å²) in [6.07, 6.45) is 1.77. The van der Waals surface area contributed by atoms with Crippen molar-refractivity contribution in [3.8, 4) is 17.1 Å². The Morgan fingerprint density at radius 1 is 1.00 bits per heavy atom. The minimum Gasteiger partial charge on any atom is -0.493 e. The van der Waals surface area contributed by atoms with Gasteiger partial charge in [0.2, 0.25) is 0 Å². The SMILES string of the molecule is CC(C)CCOc1ccccc1-c1n[nH]c(Cc2ccccc2)n1. The third kappa shape index (κ3) is 4.22. The fourth-order valence-corrected chi connectivity index (χ4v) is 2.47. The number of nitrogens with one attached hydrogen (secondary N) is 1. The van der Waals surface area contributed by atoms with Crippen molar-refractivity contribution >= 4 is 0 Å². The lowest BCUT2D eigenvalue weighted by Gasteiger charge is -2.10. The predicted molar refractivity (Wildman–Crippen MR) is 96.0 cm³/mol. The summed E-state index contributed by atoms with van der Waals surface area (Å²) in [5, 5.41) is 7.41. The smallest absolute Gasteiger partial charge is 0.184 e. The first kappa shape index (κ1) is 16.2. The normalized spacial score (nSPS) is 11.0. The van der Waals surface area contributed by atoms with Crippen molar-refractivity contribution in [2.75, 3.05) is 6.61 Å². The summed E-state index contributed by atoms with van der Waals surface area (Å²) in [5.74, 6) is 3.00. The molecule has 0 bridgehead atoms. The average molecular weight is 321 g/mol. The molecule has 0 fully saturated rings. The van der Waals surface area contributed by atoms with Crippen molar-refractivity contribution in [1.82, 2.24) is 15.2 Å². The number of hydrogen-bond donors (Lipinski definition) is 1. The van der Waals surface area contributed by atoms with E-state index in [0.29, 0.717) is 18.3 Å². The number of hydrogen-bond acceptors (Lipinski definition) is 3. The number of para-hydroxylation sites is 1. The molecule has 1 heterocycles. The third-order valence-electron chi connectivity index (χ3n) is 3.83. The zero-order valence-corrected chi connectivity index (χ0v) is 14.2. The molecule has 3 aromatic rings. The Morgan fingerprint density at radius 3 is 2.54 bits per heavy atom. The van der Waals surface area contributed by atoms with Gasteiger partial charge in [-0.3, -0.25) is 5.10 Å². The second-order valence-electron chi connectivity index (χ2n) is 6.30. The van der Waals surface area contributed by atoms with Crippen LogP contribution in [0, 0.1) is 5.92 Å². The lowest BCUT2D eigenvalue weighted by Crippen LogP contribution is -2.02. The van der Waals surface area contributed by atoms with Gasteiger partial charge in [-0.1, -0.05) is 56.3 Å². The molecular formula is C20H23N3O. The summed E-state index contributed by atoms with van der Waals surface area (Å²) < 4.78 is 5.94. The predicted octanol–water partition coefficient (Wildman–Crippen LogP) is 4.49. The van der Waals surface area contributed by atoms with E-state index in [4.69, 9.17) is 4.74 Å². The first-order valence-corrected chi connectivity index (χ1v) is 8.40. The summed E-state index contributed by atoms with van der Waals surface area (Å²) in [5.41, 5.74) is 2.14. The van der Waals surface area contributed by atoms with Crippen LogP contribution in [0.1, 0.15) is 31.7 Å². The number of rotatable bonds is 7. The van der Waals surface area contributed by atoms with E-state index in [1.165, 1.54) is 5.56 Å². The van der Waals surface area contributed by atoms with Crippen LogP contribution in [0.25, 0.3) is 11.4 Å². The molecule has 3 rings (SSSR count). The molecule has 1 N–H and O–H groups in total. The third-order valence-corrected chi connectivity index (χ3v) is 3.83. The number of aromatic amines is 1. The number of nitrogens with zero attached hydrogens (tertiary/aromatic N) is 2. The number of aromatic nitrogens is 3. The molecule has 0 aliphatic carbocycles. The molecule has 0 aliphatic rings. The van der Waals surface area contributed by atoms with Gasteiger partial charge in [0.1, 0.15) is 11.6 Å². The zero-order chi connectivity index (χ0) is 16.8. The Balaban J connectivity index is 1.75. The summed E-state index contributed by atoms with van der Waals surface area (Å²) in [6.45, 7) is 5.09. The minimum atomic E-state index is 0.623. The van der Waals surface area contributed by atoms with Crippen LogP contribution < -0.4 is 4.74 Å². The Morgan fingerprint density at radius 2 is 1.75 bits per heavy atom. The van der Waals surface area contributed by atoms with E-state index < -0.39 is 0 Å². The lowest BCUT2D eigenvalue weighted by atomic mass is 10.1. The number of benzene rings is 2. The molecule has 4 nitrogen and oxygen atoms in total. The van der Waals surface area contributed by atoms with E-state index in [1.807, 2.05) is 42.5 Å². The maximum atomic E-state index is 5.94. The first-order valence-electron chi connectivity index (χ1n) is 8.40. The molecule has 4 heteroatoms. The molecule has 0 radical (unpaired) electrons. The first-order chi connectivity index (χ1) is 11.7. The van der Waals surface area contributed by atoms with Gasteiger partial charge in [0.15, 0.2) is 5.82 Å². The van der Waals surface area contributed by atoms with Crippen molar-refractivity contribution in [2.45, 2.75) is 26.7 Å². The molecule has 0 aliphatic heterocycles. The van der Waals surface area contributed by atoms with Crippen LogP contribution in [0.15, 0.2) is 54.6 Å². The molecule has 1 aromatic heterocycles. The van der Waals surface area contributed by atoms with E-state index in [2.05, 4.69) is 41.2 Å². The molecule has 0 spiro atoms. The van der Waals surface area contributed by atoms with Crippen molar-refractivity contribution in [1.29, 1.82) is 0 Å². The highest BCUT2D eigenvalue weighted by Crippen LogP contribution is 2.27. The zero-order valence-electron chi connectivity index (χ0n) is 14.2. The van der Waals surface area contributed by atoms with Gasteiger partial charge in [0.05, 0.1) is 12.2 Å². The lowest BCUT2D eigenvalue weighted by molar-refractivity contribution is 0.290. The Bertz CT molecular complexity index is 765. The van der Waals surface area contributed by atoms with E-state index in [-0.39, 0.29) is 0 Å². The maximum absolute atomic E-state index is 5.94. The van der Waals surface area contributed by atoms with Crippen molar-refractivity contribution in [3.05, 3.63) is 66.0 Å². The summed E-state index contributed by atoms with van der Waals surface area (Å²) >= 11 is 0. The van der Waals surface area contributed by atoms with Crippen molar-refractivity contribution in [3.63, 3.8) is 0 Å². The molecule has 24 heavy (non-hydrogen) atoms. The Labute approximate surface area is 142 Å². The van der Waals surface area contributed by atoms with Crippen LogP contribution in [-0.4, -0.2) is 21.8 Å². The quantitative estimate of drug-likeness (QED) is 0.697. The minimum absolute atomic E-state index is 0.623. The Hall–Kier alpha value is -2.62. The molecule has 0 saturated carbocycles. The van der Waals surface area contributed by atoms with Gasteiger partial charge in [-0.25, -0.2) is 4.98 Å². The van der Waals surface area contributed by atoms with Crippen LogP contribution >= 0.6 is 0 Å². The topological polar surface area (TPSA) is 50.8 Å². The van der Waals surface area contributed by atoms with Gasteiger partial charge in [-0.05, 0) is 30.0 Å². The molecule has 124 valence electrons. The monoisotopic (exact) mass is 321 g/mol. The van der Waals surface area contributed by atoms with Crippen LogP contribution in [0.5, 0.6) is 5.75 Å². The highest BCUT2D eigenvalue weighted by atomic mass is 16.5. The number of ether oxygens (including phenoxy) is 1. The van der Waals surface area contributed by atoms with Crippen molar-refractivity contribution in [2.24, 2.45) is 5.92 Å². The molecule has 0 saturated heterocycles. The van der Waals surface area contributed by atoms with Crippen molar-refractivity contribution < 1.29 is 4.74 Å². The summed E-state index contributed by atoms with van der Waals surface area (Å²) in [6, 6.07) is 18.2. The van der Waals surface area contributed by atoms with Gasteiger partial charge >= 0.3 is 0 Å². The van der Waals surface area contributed by atoms with Gasteiger partial charge in [0, 0.05) is 6.42 Å².